The maximum atomic E-state index is 12.8. The molecule has 2 N–H and O–H groups in total. The molecule has 1 aliphatic heterocycles. The third-order valence-corrected chi connectivity index (χ3v) is 3.90. The van der Waals surface area contributed by atoms with Gasteiger partial charge < -0.3 is 15.4 Å². The molecule has 0 radical (unpaired) electrons. The molecule has 0 unspecified atom stereocenters. The molecule has 0 spiro atoms. The number of nitrogens with zero attached hydrogens (tertiary/aromatic N) is 2. The van der Waals surface area contributed by atoms with E-state index in [-0.39, 0.29) is 11.7 Å². The van der Waals surface area contributed by atoms with Crippen LogP contribution in [0.3, 0.4) is 0 Å². The van der Waals surface area contributed by atoms with E-state index in [2.05, 4.69) is 11.9 Å². The smallest absolute Gasteiger partial charge is 0.294 e. The maximum Gasteiger partial charge on any atom is 0.294 e. The monoisotopic (exact) mass is 323 g/mol. The summed E-state index contributed by atoms with van der Waals surface area (Å²) >= 11 is 0. The van der Waals surface area contributed by atoms with Crippen molar-refractivity contribution in [3.05, 3.63) is 54.0 Å². The fourth-order valence-electron chi connectivity index (χ4n) is 2.67. The molecule has 1 aromatic heterocycles. The number of benzene rings is 1. The molecular weight excluding hydrogens is 302 g/mol. The van der Waals surface area contributed by atoms with Gasteiger partial charge >= 0.3 is 0 Å². The first kappa shape index (κ1) is 16.1. The average Bonchev–Trinajstić information content (AvgIpc) is 2.59. The lowest BCUT2D eigenvalue weighted by atomic mass is 10.1. The Morgan fingerprint density at radius 3 is 2.88 bits per heavy atom. The van der Waals surface area contributed by atoms with E-state index in [4.69, 9.17) is 10.5 Å². The number of amides is 1. The summed E-state index contributed by atoms with van der Waals surface area (Å²) in [5, 5.41) is 0. The Morgan fingerprint density at radius 1 is 1.25 bits per heavy atom. The van der Waals surface area contributed by atoms with Crippen molar-refractivity contribution in [2.75, 3.05) is 17.2 Å². The average molecular weight is 323 g/mol. The van der Waals surface area contributed by atoms with Crippen LogP contribution < -0.4 is 15.4 Å². The number of fused-ring (bicyclic) bond motifs is 1. The van der Waals surface area contributed by atoms with Crippen LogP contribution in [0.4, 0.5) is 11.4 Å². The number of aromatic nitrogens is 1. The standard InChI is InChI=1S/C19H21N3O2/c1-2-3-6-11-22-16-9-8-14(20)12-17(16)24-18(19(22)23)13-15-7-4-5-10-21-15/h4-5,7-10,12-13H,2-3,6,11,20H2,1H3/b18-13+. The molecular formula is C19H21N3O2. The Balaban J connectivity index is 1.96. The van der Waals surface area contributed by atoms with Crippen LogP contribution in [-0.2, 0) is 4.79 Å². The molecule has 0 bridgehead atoms. The van der Waals surface area contributed by atoms with E-state index in [1.54, 1.807) is 29.3 Å². The predicted molar refractivity (Wildman–Crippen MR) is 95.6 cm³/mol. The molecule has 0 atom stereocenters. The van der Waals surface area contributed by atoms with Crippen molar-refractivity contribution in [2.24, 2.45) is 0 Å². The van der Waals surface area contributed by atoms with Gasteiger partial charge in [0, 0.05) is 30.6 Å². The van der Waals surface area contributed by atoms with Crippen LogP contribution in [0.1, 0.15) is 31.9 Å². The number of nitrogen functional groups attached to an aromatic ring is 1. The fourth-order valence-corrected chi connectivity index (χ4v) is 2.67. The highest BCUT2D eigenvalue weighted by molar-refractivity contribution is 6.09. The minimum Gasteiger partial charge on any atom is -0.449 e. The lowest BCUT2D eigenvalue weighted by molar-refractivity contribution is -0.117. The van der Waals surface area contributed by atoms with Crippen LogP contribution in [-0.4, -0.2) is 17.4 Å². The SMILES string of the molecule is CCCCCN1C(=O)/C(=C\c2ccccn2)Oc2cc(N)ccc21. The van der Waals surface area contributed by atoms with Gasteiger partial charge in [-0.05, 0) is 30.7 Å². The molecule has 0 aliphatic carbocycles. The van der Waals surface area contributed by atoms with Crippen molar-refractivity contribution in [1.29, 1.82) is 0 Å². The Labute approximate surface area is 141 Å². The highest BCUT2D eigenvalue weighted by atomic mass is 16.5. The molecule has 0 fully saturated rings. The summed E-state index contributed by atoms with van der Waals surface area (Å²) in [6.45, 7) is 2.80. The van der Waals surface area contributed by atoms with Gasteiger partial charge in [0.25, 0.3) is 5.91 Å². The van der Waals surface area contributed by atoms with E-state index in [0.717, 1.165) is 24.9 Å². The van der Waals surface area contributed by atoms with Crippen LogP contribution in [0.5, 0.6) is 5.75 Å². The van der Waals surface area contributed by atoms with Gasteiger partial charge in [0.2, 0.25) is 0 Å². The normalized spacial score (nSPS) is 15.3. The first-order valence-electron chi connectivity index (χ1n) is 8.21. The van der Waals surface area contributed by atoms with Crippen molar-refractivity contribution in [3.63, 3.8) is 0 Å². The topological polar surface area (TPSA) is 68.5 Å². The van der Waals surface area contributed by atoms with Crippen molar-refractivity contribution in [1.82, 2.24) is 4.98 Å². The maximum absolute atomic E-state index is 12.8. The van der Waals surface area contributed by atoms with E-state index >= 15 is 0 Å². The zero-order valence-electron chi connectivity index (χ0n) is 13.7. The summed E-state index contributed by atoms with van der Waals surface area (Å²) in [5.74, 6) is 0.727. The number of ether oxygens (including phenoxy) is 1. The van der Waals surface area contributed by atoms with E-state index < -0.39 is 0 Å². The molecule has 1 amide bonds. The van der Waals surface area contributed by atoms with Crippen molar-refractivity contribution in [2.45, 2.75) is 26.2 Å². The van der Waals surface area contributed by atoms with E-state index in [0.29, 0.717) is 23.7 Å². The number of unbranched alkanes of at least 4 members (excludes halogenated alkanes) is 2. The van der Waals surface area contributed by atoms with Gasteiger partial charge in [-0.2, -0.15) is 0 Å². The number of anilines is 2. The third-order valence-electron chi connectivity index (χ3n) is 3.90. The highest BCUT2D eigenvalue weighted by Crippen LogP contribution is 2.37. The predicted octanol–water partition coefficient (Wildman–Crippen LogP) is 3.62. The molecule has 1 aromatic carbocycles. The van der Waals surface area contributed by atoms with Gasteiger partial charge in [0.15, 0.2) is 11.5 Å². The van der Waals surface area contributed by atoms with Crippen molar-refractivity contribution >= 4 is 23.4 Å². The van der Waals surface area contributed by atoms with Crippen LogP contribution in [0, 0.1) is 0 Å². The minimum atomic E-state index is -0.144. The molecule has 0 saturated heterocycles. The Morgan fingerprint density at radius 2 is 2.12 bits per heavy atom. The molecule has 0 saturated carbocycles. The summed E-state index contributed by atoms with van der Waals surface area (Å²) in [5.41, 5.74) is 7.92. The van der Waals surface area contributed by atoms with Crippen LogP contribution >= 0.6 is 0 Å². The van der Waals surface area contributed by atoms with Gasteiger partial charge in [-0.3, -0.25) is 9.78 Å². The van der Waals surface area contributed by atoms with Crippen molar-refractivity contribution in [3.8, 4) is 5.75 Å². The van der Waals surface area contributed by atoms with Crippen molar-refractivity contribution < 1.29 is 9.53 Å². The fraction of sp³-hybridized carbons (Fsp3) is 0.263. The molecule has 2 aromatic rings. The summed E-state index contributed by atoms with van der Waals surface area (Å²) in [7, 11) is 0. The van der Waals surface area contributed by atoms with E-state index in [1.165, 1.54) is 0 Å². The number of hydrogen-bond donors (Lipinski definition) is 1. The van der Waals surface area contributed by atoms with Crippen LogP contribution in [0.25, 0.3) is 6.08 Å². The first-order chi connectivity index (χ1) is 11.7. The van der Waals surface area contributed by atoms with Gasteiger partial charge in [-0.25, -0.2) is 0 Å². The summed E-state index contributed by atoms with van der Waals surface area (Å²) < 4.78 is 5.82. The number of hydrogen-bond acceptors (Lipinski definition) is 4. The van der Waals surface area contributed by atoms with Gasteiger partial charge in [-0.15, -0.1) is 0 Å². The Kier molecular flexibility index (Phi) is 4.79. The lowest BCUT2D eigenvalue weighted by Crippen LogP contribution is -2.38. The molecule has 124 valence electrons. The molecule has 2 heterocycles. The van der Waals surface area contributed by atoms with E-state index in [1.807, 2.05) is 24.3 Å². The zero-order valence-corrected chi connectivity index (χ0v) is 13.7. The minimum absolute atomic E-state index is 0.144. The Hall–Kier alpha value is -2.82. The molecule has 5 heteroatoms. The lowest BCUT2D eigenvalue weighted by Gasteiger charge is -2.30. The second-order valence-electron chi connectivity index (χ2n) is 5.76. The second kappa shape index (κ2) is 7.17. The van der Waals surface area contributed by atoms with Gasteiger partial charge in [0.05, 0.1) is 11.4 Å². The van der Waals surface area contributed by atoms with Gasteiger partial charge in [-0.1, -0.05) is 25.8 Å². The number of nitrogens with two attached hydrogens (primary N) is 1. The summed E-state index contributed by atoms with van der Waals surface area (Å²) in [6, 6.07) is 10.9. The third kappa shape index (κ3) is 3.40. The molecule has 3 rings (SSSR count). The van der Waals surface area contributed by atoms with Gasteiger partial charge in [0.1, 0.15) is 0 Å². The summed E-state index contributed by atoms with van der Waals surface area (Å²) in [4.78, 5) is 18.8. The number of pyridine rings is 1. The van der Waals surface area contributed by atoms with Crippen LogP contribution in [0.15, 0.2) is 48.4 Å². The number of carbonyl (C=O) groups is 1. The number of carbonyl (C=O) groups excluding carboxylic acids is 1. The molecule has 5 nitrogen and oxygen atoms in total. The van der Waals surface area contributed by atoms with E-state index in [9.17, 15) is 4.79 Å². The molecule has 1 aliphatic rings. The quantitative estimate of drug-likeness (QED) is 0.518. The summed E-state index contributed by atoms with van der Waals surface area (Å²) in [6.07, 6.45) is 6.48. The second-order valence-corrected chi connectivity index (χ2v) is 5.76. The van der Waals surface area contributed by atoms with Crippen LogP contribution in [0.2, 0.25) is 0 Å². The first-order valence-corrected chi connectivity index (χ1v) is 8.21. The Bertz CT molecular complexity index is 756. The number of rotatable bonds is 5. The highest BCUT2D eigenvalue weighted by Gasteiger charge is 2.30. The largest absolute Gasteiger partial charge is 0.449 e. The molecule has 24 heavy (non-hydrogen) atoms. The zero-order chi connectivity index (χ0) is 16.9.